The fourth-order valence-electron chi connectivity index (χ4n) is 2.96. The molecule has 1 unspecified atom stereocenters. The molecule has 2 heterocycles. The number of hydrogen-bond donors (Lipinski definition) is 2. The van der Waals surface area contributed by atoms with E-state index in [2.05, 4.69) is 58.2 Å². The van der Waals surface area contributed by atoms with Gasteiger partial charge in [0.05, 0.1) is 5.69 Å². The summed E-state index contributed by atoms with van der Waals surface area (Å²) in [5.74, 6) is 0.720. The molecule has 22 heavy (non-hydrogen) atoms. The Hall–Kier alpha value is -2.27. The lowest BCUT2D eigenvalue weighted by molar-refractivity contribution is -0.116. The van der Waals surface area contributed by atoms with Crippen LogP contribution in [0.1, 0.15) is 29.2 Å². The van der Waals surface area contributed by atoms with Gasteiger partial charge in [-0.15, -0.1) is 11.8 Å². The minimum Gasteiger partial charge on any atom is -0.309 e. The maximum Gasteiger partial charge on any atom is 0.226 e. The summed E-state index contributed by atoms with van der Waals surface area (Å²) in [5, 5.41) is 10.2. The molecular formula is C17H15N3OS. The van der Waals surface area contributed by atoms with Gasteiger partial charge in [0.2, 0.25) is 5.91 Å². The van der Waals surface area contributed by atoms with Gasteiger partial charge in [0.25, 0.3) is 0 Å². The molecule has 2 aliphatic rings. The molecule has 0 fully saturated rings. The van der Waals surface area contributed by atoms with Crippen LogP contribution in [-0.2, 0) is 4.79 Å². The van der Waals surface area contributed by atoms with Crippen LogP contribution >= 0.6 is 11.8 Å². The maximum atomic E-state index is 12.0. The van der Waals surface area contributed by atoms with Crippen molar-refractivity contribution in [2.75, 3.05) is 11.6 Å². The Kier molecular flexibility index (Phi) is 3.15. The lowest BCUT2D eigenvalue weighted by atomic mass is 9.83. The molecule has 1 aromatic carbocycles. The zero-order chi connectivity index (χ0) is 15.1. The monoisotopic (exact) mass is 309 g/mol. The number of amides is 1. The van der Waals surface area contributed by atoms with Gasteiger partial charge in [0, 0.05) is 22.8 Å². The maximum absolute atomic E-state index is 12.0. The number of hydrogen-bond acceptors (Lipinski definition) is 3. The van der Waals surface area contributed by atoms with E-state index in [0.717, 1.165) is 22.4 Å². The summed E-state index contributed by atoms with van der Waals surface area (Å²) in [4.78, 5) is 13.2. The van der Waals surface area contributed by atoms with Crippen LogP contribution in [0.4, 0.5) is 5.82 Å². The van der Waals surface area contributed by atoms with Crippen molar-refractivity contribution in [1.82, 2.24) is 10.2 Å². The molecule has 4 nitrogen and oxygen atoms in total. The molecule has 0 bridgehead atoms. The smallest absolute Gasteiger partial charge is 0.226 e. The van der Waals surface area contributed by atoms with Gasteiger partial charge in [-0.05, 0) is 29.5 Å². The van der Waals surface area contributed by atoms with E-state index in [0.29, 0.717) is 12.2 Å². The SMILES string of the molecule is CSc1ccc(C2CC(=O)Nc3n[nH]c(C4=CC=C4)c32)cc1. The number of carbonyl (C=O) groups excluding carboxylic acids is 1. The Balaban J connectivity index is 1.80. The van der Waals surface area contributed by atoms with Crippen LogP contribution in [-0.4, -0.2) is 22.4 Å². The Morgan fingerprint density at radius 3 is 2.68 bits per heavy atom. The van der Waals surface area contributed by atoms with Gasteiger partial charge in [0.1, 0.15) is 0 Å². The number of nitrogens with one attached hydrogen (secondary N) is 2. The minimum absolute atomic E-state index is 0.0163. The highest BCUT2D eigenvalue weighted by Gasteiger charge is 2.32. The number of thioether (sulfide) groups is 1. The van der Waals surface area contributed by atoms with Gasteiger partial charge in [-0.2, -0.15) is 5.10 Å². The largest absolute Gasteiger partial charge is 0.309 e. The molecule has 0 saturated carbocycles. The van der Waals surface area contributed by atoms with Crippen LogP contribution in [0.25, 0.3) is 5.57 Å². The molecule has 0 radical (unpaired) electrons. The molecule has 1 aliphatic heterocycles. The predicted molar refractivity (Wildman–Crippen MR) is 89.0 cm³/mol. The first-order valence-electron chi connectivity index (χ1n) is 7.17. The highest BCUT2D eigenvalue weighted by atomic mass is 32.2. The van der Waals surface area contributed by atoms with Crippen molar-refractivity contribution in [2.45, 2.75) is 17.2 Å². The third kappa shape index (κ3) is 2.09. The third-order valence-electron chi connectivity index (χ3n) is 4.16. The van der Waals surface area contributed by atoms with Crippen LogP contribution in [0.15, 0.2) is 47.4 Å². The zero-order valence-corrected chi connectivity index (χ0v) is 12.9. The first-order chi connectivity index (χ1) is 10.8. The summed E-state index contributed by atoms with van der Waals surface area (Å²) in [6, 6.07) is 8.43. The fourth-order valence-corrected chi connectivity index (χ4v) is 3.36. The number of nitrogens with zero attached hydrogens (tertiary/aromatic N) is 1. The quantitative estimate of drug-likeness (QED) is 0.852. The Labute approximate surface area is 132 Å². The summed E-state index contributed by atoms with van der Waals surface area (Å²) in [6.45, 7) is 0. The number of fused-ring (bicyclic) bond motifs is 1. The van der Waals surface area contributed by atoms with E-state index in [1.807, 2.05) is 6.08 Å². The molecule has 0 spiro atoms. The molecule has 2 N–H and O–H groups in total. The normalized spacial score (nSPS) is 19.2. The standard InChI is InChI=1S/C17H15N3OS/c1-22-12-7-5-10(6-8-12)13-9-14(21)18-17-15(13)16(19-20-17)11-3-2-4-11/h2-8,13H,9H2,1H3,(H2,18,19,20,21). The Morgan fingerprint density at radius 2 is 2.05 bits per heavy atom. The van der Waals surface area contributed by atoms with E-state index in [1.54, 1.807) is 11.8 Å². The second-order valence-corrected chi connectivity index (χ2v) is 6.30. The Morgan fingerprint density at radius 1 is 1.27 bits per heavy atom. The molecule has 110 valence electrons. The first kappa shape index (κ1) is 13.4. The number of H-pyrrole nitrogens is 1. The van der Waals surface area contributed by atoms with Crippen LogP contribution in [0.3, 0.4) is 0 Å². The Bertz CT molecular complexity index is 802. The summed E-state index contributed by atoms with van der Waals surface area (Å²) in [7, 11) is 0. The number of rotatable bonds is 3. The highest BCUT2D eigenvalue weighted by molar-refractivity contribution is 7.98. The van der Waals surface area contributed by atoms with Gasteiger partial charge < -0.3 is 5.32 Å². The molecule has 4 rings (SSSR count). The van der Waals surface area contributed by atoms with E-state index < -0.39 is 0 Å². The van der Waals surface area contributed by atoms with E-state index >= 15 is 0 Å². The van der Waals surface area contributed by atoms with E-state index in [4.69, 9.17) is 0 Å². The van der Waals surface area contributed by atoms with Crippen LogP contribution < -0.4 is 5.32 Å². The van der Waals surface area contributed by atoms with Crippen molar-refractivity contribution in [1.29, 1.82) is 0 Å². The number of aromatic amines is 1. The lowest BCUT2D eigenvalue weighted by Crippen LogP contribution is -2.23. The van der Waals surface area contributed by atoms with Gasteiger partial charge in [-0.1, -0.05) is 30.4 Å². The van der Waals surface area contributed by atoms with E-state index in [-0.39, 0.29) is 11.8 Å². The second kappa shape index (κ2) is 5.18. The average Bonchev–Trinajstić information content (AvgIpc) is 2.88. The van der Waals surface area contributed by atoms with Crippen molar-refractivity contribution >= 4 is 29.1 Å². The third-order valence-corrected chi connectivity index (χ3v) is 4.90. The average molecular weight is 309 g/mol. The number of benzene rings is 1. The van der Waals surface area contributed by atoms with Crippen molar-refractivity contribution in [2.24, 2.45) is 0 Å². The summed E-state index contributed by atoms with van der Waals surface area (Å²) >= 11 is 1.72. The molecule has 1 amide bonds. The second-order valence-electron chi connectivity index (χ2n) is 5.42. The van der Waals surface area contributed by atoms with Crippen molar-refractivity contribution < 1.29 is 4.79 Å². The number of aromatic nitrogens is 2. The first-order valence-corrected chi connectivity index (χ1v) is 8.39. The van der Waals surface area contributed by atoms with Crippen molar-refractivity contribution in [3.05, 3.63) is 59.3 Å². The zero-order valence-electron chi connectivity index (χ0n) is 12.1. The molecule has 1 aliphatic carbocycles. The van der Waals surface area contributed by atoms with Crippen LogP contribution in [0.5, 0.6) is 0 Å². The van der Waals surface area contributed by atoms with Crippen LogP contribution in [0.2, 0.25) is 0 Å². The lowest BCUT2D eigenvalue weighted by Gasteiger charge is -2.24. The molecule has 1 atom stereocenters. The van der Waals surface area contributed by atoms with Gasteiger partial charge in [-0.25, -0.2) is 0 Å². The summed E-state index contributed by atoms with van der Waals surface area (Å²) < 4.78 is 0. The van der Waals surface area contributed by atoms with E-state index in [9.17, 15) is 4.79 Å². The summed E-state index contributed by atoms with van der Waals surface area (Å²) in [6.07, 6.45) is 8.63. The van der Waals surface area contributed by atoms with Crippen molar-refractivity contribution in [3.63, 3.8) is 0 Å². The molecule has 5 heteroatoms. The minimum atomic E-state index is 0.0163. The predicted octanol–water partition coefficient (Wildman–Crippen LogP) is 3.56. The van der Waals surface area contributed by atoms with Crippen molar-refractivity contribution in [3.8, 4) is 0 Å². The van der Waals surface area contributed by atoms with Gasteiger partial charge in [0.15, 0.2) is 5.82 Å². The molecule has 0 saturated heterocycles. The molecule has 2 aromatic rings. The van der Waals surface area contributed by atoms with Gasteiger partial charge in [-0.3, -0.25) is 9.89 Å². The van der Waals surface area contributed by atoms with Crippen LogP contribution in [0, 0.1) is 0 Å². The summed E-state index contributed by atoms with van der Waals surface area (Å²) in [5.41, 5.74) is 4.39. The molecule has 1 aromatic heterocycles. The number of carbonyl (C=O) groups is 1. The highest BCUT2D eigenvalue weighted by Crippen LogP contribution is 2.41. The number of allylic oxidation sites excluding steroid dienone is 4. The molecular weight excluding hydrogens is 294 g/mol. The fraction of sp³-hybridized carbons (Fsp3) is 0.176. The number of anilines is 1. The topological polar surface area (TPSA) is 57.8 Å². The van der Waals surface area contributed by atoms with E-state index in [1.165, 1.54) is 4.90 Å². The van der Waals surface area contributed by atoms with Gasteiger partial charge >= 0.3 is 0 Å².